The number of thioether (sulfide) groups is 1. The normalized spacial score (nSPS) is 15.4. The summed E-state index contributed by atoms with van der Waals surface area (Å²) in [5.74, 6) is -0.536. The van der Waals surface area contributed by atoms with Gasteiger partial charge in [-0.2, -0.15) is 0 Å². The van der Waals surface area contributed by atoms with Crippen molar-refractivity contribution in [3.63, 3.8) is 0 Å². The van der Waals surface area contributed by atoms with Crippen molar-refractivity contribution in [3.8, 4) is 0 Å². The molecule has 1 unspecified atom stereocenters. The maximum atomic E-state index is 13.0. The molecule has 30 heavy (non-hydrogen) atoms. The van der Waals surface area contributed by atoms with Crippen molar-refractivity contribution in [2.24, 2.45) is 0 Å². The Labute approximate surface area is 173 Å². The molecule has 0 spiro atoms. The number of nitro groups is 1. The summed E-state index contributed by atoms with van der Waals surface area (Å²) in [4.78, 5) is 42.4. The molecule has 2 heterocycles. The first kappa shape index (κ1) is 19.8. The number of rotatable bonds is 5. The van der Waals surface area contributed by atoms with Gasteiger partial charge in [0.05, 0.1) is 10.5 Å². The molecule has 0 aliphatic carbocycles. The highest BCUT2D eigenvalue weighted by Gasteiger charge is 2.31. The van der Waals surface area contributed by atoms with E-state index in [9.17, 15) is 24.1 Å². The van der Waals surface area contributed by atoms with Crippen LogP contribution in [0.2, 0.25) is 0 Å². The minimum atomic E-state index is -0.554. The maximum Gasteiger partial charge on any atom is 0.269 e. The standard InChI is InChI=1S/C20H15FN4O4S/c21-13-5-1-11(2-6-13)10-30-20-23-18-17(19(27)24-20)15(9-16(26)22-18)12-3-7-14(8-4-12)25(28)29/h1-8,15H,9-10H2,(H2,22,23,24,26,27). The van der Waals surface area contributed by atoms with E-state index in [0.29, 0.717) is 22.0 Å². The van der Waals surface area contributed by atoms with Gasteiger partial charge in [0.1, 0.15) is 11.6 Å². The summed E-state index contributed by atoms with van der Waals surface area (Å²) >= 11 is 1.25. The number of aromatic nitrogens is 2. The van der Waals surface area contributed by atoms with Crippen LogP contribution in [0.4, 0.5) is 15.9 Å². The third-order valence-electron chi connectivity index (χ3n) is 4.72. The summed E-state index contributed by atoms with van der Waals surface area (Å²) in [6.07, 6.45) is 0.0393. The number of nitrogens with zero attached hydrogens (tertiary/aromatic N) is 2. The van der Waals surface area contributed by atoms with Gasteiger partial charge in [-0.3, -0.25) is 19.7 Å². The summed E-state index contributed by atoms with van der Waals surface area (Å²) in [5.41, 5.74) is 1.34. The summed E-state index contributed by atoms with van der Waals surface area (Å²) < 4.78 is 13.0. The lowest BCUT2D eigenvalue weighted by Crippen LogP contribution is -2.31. The predicted molar refractivity (Wildman–Crippen MR) is 109 cm³/mol. The lowest BCUT2D eigenvalue weighted by molar-refractivity contribution is -0.384. The van der Waals surface area contributed by atoms with E-state index >= 15 is 0 Å². The molecule has 152 valence electrons. The fraction of sp³-hybridized carbons (Fsp3) is 0.150. The summed E-state index contributed by atoms with van der Waals surface area (Å²) in [7, 11) is 0. The number of H-pyrrole nitrogens is 1. The Morgan fingerprint density at radius 2 is 1.83 bits per heavy atom. The highest BCUT2D eigenvalue weighted by molar-refractivity contribution is 7.98. The maximum absolute atomic E-state index is 13.0. The first-order chi connectivity index (χ1) is 14.4. The second kappa shape index (κ2) is 8.07. The van der Waals surface area contributed by atoms with Crippen LogP contribution in [-0.2, 0) is 10.5 Å². The number of aromatic amines is 1. The lowest BCUT2D eigenvalue weighted by atomic mass is 9.87. The Kier molecular flexibility index (Phi) is 5.32. The van der Waals surface area contributed by atoms with Crippen molar-refractivity contribution in [3.05, 3.63) is 91.5 Å². The molecule has 0 fully saturated rings. The Morgan fingerprint density at radius 1 is 1.13 bits per heavy atom. The number of halogens is 1. The molecular formula is C20H15FN4O4S. The number of hydrogen-bond acceptors (Lipinski definition) is 6. The molecule has 1 aliphatic rings. The Balaban J connectivity index is 1.63. The zero-order valence-corrected chi connectivity index (χ0v) is 16.2. The average Bonchev–Trinajstić information content (AvgIpc) is 2.72. The van der Waals surface area contributed by atoms with Gasteiger partial charge in [-0.15, -0.1) is 0 Å². The van der Waals surface area contributed by atoms with E-state index in [1.165, 1.54) is 36.0 Å². The van der Waals surface area contributed by atoms with E-state index in [2.05, 4.69) is 15.3 Å². The third kappa shape index (κ3) is 4.08. The van der Waals surface area contributed by atoms with E-state index in [4.69, 9.17) is 0 Å². The summed E-state index contributed by atoms with van der Waals surface area (Å²) in [6, 6.07) is 11.8. The molecule has 0 radical (unpaired) electrons. The monoisotopic (exact) mass is 426 g/mol. The number of non-ortho nitro benzene ring substituents is 1. The van der Waals surface area contributed by atoms with E-state index in [1.54, 1.807) is 24.3 Å². The zero-order chi connectivity index (χ0) is 21.3. The van der Waals surface area contributed by atoms with E-state index < -0.39 is 10.8 Å². The van der Waals surface area contributed by atoms with Crippen molar-refractivity contribution in [1.29, 1.82) is 0 Å². The van der Waals surface area contributed by atoms with Crippen LogP contribution in [0.25, 0.3) is 0 Å². The van der Waals surface area contributed by atoms with Crippen LogP contribution in [0.3, 0.4) is 0 Å². The average molecular weight is 426 g/mol. The molecule has 0 saturated heterocycles. The molecule has 1 atom stereocenters. The minimum Gasteiger partial charge on any atom is -0.310 e. The number of amides is 1. The largest absolute Gasteiger partial charge is 0.310 e. The number of nitro benzene ring substituents is 1. The van der Waals surface area contributed by atoms with Gasteiger partial charge in [0.15, 0.2) is 5.16 Å². The number of anilines is 1. The van der Waals surface area contributed by atoms with Gasteiger partial charge in [0, 0.05) is 30.2 Å². The van der Waals surface area contributed by atoms with Crippen LogP contribution in [0, 0.1) is 15.9 Å². The van der Waals surface area contributed by atoms with Crippen molar-refractivity contribution >= 4 is 29.2 Å². The van der Waals surface area contributed by atoms with Crippen molar-refractivity contribution in [1.82, 2.24) is 9.97 Å². The molecule has 2 aromatic carbocycles. The Bertz CT molecular complexity index is 1180. The third-order valence-corrected chi connectivity index (χ3v) is 5.67. The Morgan fingerprint density at radius 3 is 2.50 bits per heavy atom. The molecule has 10 heteroatoms. The van der Waals surface area contributed by atoms with Crippen LogP contribution in [-0.4, -0.2) is 20.8 Å². The van der Waals surface area contributed by atoms with Gasteiger partial charge < -0.3 is 10.3 Å². The van der Waals surface area contributed by atoms with Gasteiger partial charge in [-0.05, 0) is 23.3 Å². The minimum absolute atomic E-state index is 0.0393. The molecule has 3 aromatic rings. The second-order valence-corrected chi connectivity index (χ2v) is 7.67. The Hall–Kier alpha value is -3.53. The van der Waals surface area contributed by atoms with E-state index in [1.807, 2.05) is 0 Å². The smallest absolute Gasteiger partial charge is 0.269 e. The van der Waals surface area contributed by atoms with Crippen LogP contribution in [0.1, 0.15) is 29.0 Å². The number of fused-ring (bicyclic) bond motifs is 1. The van der Waals surface area contributed by atoms with Crippen molar-refractivity contribution in [2.75, 3.05) is 5.32 Å². The molecule has 0 saturated carbocycles. The molecule has 8 nitrogen and oxygen atoms in total. The molecule has 1 amide bonds. The van der Waals surface area contributed by atoms with E-state index in [-0.39, 0.29) is 35.2 Å². The number of carbonyl (C=O) groups is 1. The van der Waals surface area contributed by atoms with Crippen molar-refractivity contribution < 1.29 is 14.1 Å². The van der Waals surface area contributed by atoms with Gasteiger partial charge in [0.25, 0.3) is 11.2 Å². The number of carbonyl (C=O) groups excluding carboxylic acids is 1. The second-order valence-electron chi connectivity index (χ2n) is 6.70. The molecule has 1 aliphatic heterocycles. The fourth-order valence-electron chi connectivity index (χ4n) is 3.26. The highest BCUT2D eigenvalue weighted by Crippen LogP contribution is 2.35. The van der Waals surface area contributed by atoms with Gasteiger partial charge in [-0.1, -0.05) is 36.0 Å². The topological polar surface area (TPSA) is 118 Å². The van der Waals surface area contributed by atoms with Crippen LogP contribution >= 0.6 is 11.8 Å². The molecule has 0 bridgehead atoms. The SMILES string of the molecule is O=C1CC(c2ccc([N+](=O)[O-])cc2)c2c(nc(SCc3ccc(F)cc3)[nH]c2=O)N1. The summed E-state index contributed by atoms with van der Waals surface area (Å²) in [6.45, 7) is 0. The van der Waals surface area contributed by atoms with Gasteiger partial charge >= 0.3 is 0 Å². The van der Waals surface area contributed by atoms with Crippen molar-refractivity contribution in [2.45, 2.75) is 23.2 Å². The molecular weight excluding hydrogens is 411 g/mol. The number of benzene rings is 2. The first-order valence-electron chi connectivity index (χ1n) is 8.96. The number of hydrogen-bond donors (Lipinski definition) is 2. The van der Waals surface area contributed by atoms with Crippen LogP contribution in [0.5, 0.6) is 0 Å². The quantitative estimate of drug-likeness (QED) is 0.279. The first-order valence-corrected chi connectivity index (χ1v) is 9.95. The van der Waals surface area contributed by atoms with Crippen LogP contribution in [0.15, 0.2) is 58.5 Å². The summed E-state index contributed by atoms with van der Waals surface area (Å²) in [5, 5.41) is 13.8. The van der Waals surface area contributed by atoms with Gasteiger partial charge in [-0.25, -0.2) is 9.37 Å². The van der Waals surface area contributed by atoms with Gasteiger partial charge in [0.2, 0.25) is 5.91 Å². The zero-order valence-electron chi connectivity index (χ0n) is 15.4. The molecule has 4 rings (SSSR count). The molecule has 1 aromatic heterocycles. The number of nitrogens with one attached hydrogen (secondary N) is 2. The van der Waals surface area contributed by atoms with Crippen LogP contribution < -0.4 is 10.9 Å². The molecule has 2 N–H and O–H groups in total. The predicted octanol–water partition coefficient (Wildman–Crippen LogP) is 3.58. The highest BCUT2D eigenvalue weighted by atomic mass is 32.2. The van der Waals surface area contributed by atoms with E-state index in [0.717, 1.165) is 5.56 Å². The fourth-order valence-corrected chi connectivity index (χ4v) is 4.08. The lowest BCUT2D eigenvalue weighted by Gasteiger charge is -2.24.